The third-order valence-corrected chi connectivity index (χ3v) is 3.70. The largest absolute Gasteiger partial charge is 0.350 e. The first-order chi connectivity index (χ1) is 9.31. The average Bonchev–Trinajstić information content (AvgIpc) is 2.98. The van der Waals surface area contributed by atoms with Gasteiger partial charge in [-0.25, -0.2) is 15.3 Å². The van der Waals surface area contributed by atoms with Crippen molar-refractivity contribution in [2.24, 2.45) is 0 Å². The number of aromatic nitrogens is 2. The lowest BCUT2D eigenvalue weighted by molar-refractivity contribution is -0.200. The highest BCUT2D eigenvalue weighted by atomic mass is 32.1. The van der Waals surface area contributed by atoms with Gasteiger partial charge in [0.2, 0.25) is 5.91 Å². The first-order valence-electron chi connectivity index (χ1n) is 6.28. The summed E-state index contributed by atoms with van der Waals surface area (Å²) in [7, 11) is 0. The molecule has 2 aromatic rings. The van der Waals surface area contributed by atoms with Crippen LogP contribution in [-0.2, 0) is 20.8 Å². The second-order valence-electron chi connectivity index (χ2n) is 4.44. The number of carbonyl (C=O) groups is 1. The van der Waals surface area contributed by atoms with Crippen molar-refractivity contribution in [2.75, 3.05) is 6.61 Å². The summed E-state index contributed by atoms with van der Waals surface area (Å²) in [5.74, 6) is -0.208. The number of hydrogen-bond acceptors (Lipinski definition) is 5. The van der Waals surface area contributed by atoms with E-state index in [2.05, 4.69) is 10.5 Å². The monoisotopic (exact) mass is 281 g/mol. The number of fused-ring (bicyclic) bond motifs is 1. The van der Waals surface area contributed by atoms with Gasteiger partial charge in [0.25, 0.3) is 0 Å². The van der Waals surface area contributed by atoms with Gasteiger partial charge in [0.1, 0.15) is 0 Å². The Hall–Kier alpha value is -1.44. The molecule has 102 valence electrons. The molecule has 1 aliphatic heterocycles. The predicted octanol–water partition coefficient (Wildman–Crippen LogP) is 1.51. The van der Waals surface area contributed by atoms with E-state index in [9.17, 15) is 4.79 Å². The Kier molecular flexibility index (Phi) is 3.77. The molecule has 1 N–H and O–H groups in total. The maximum atomic E-state index is 11.7. The highest BCUT2D eigenvalue weighted by molar-refractivity contribution is 7.15. The summed E-state index contributed by atoms with van der Waals surface area (Å²) in [6.07, 6.45) is 6.60. The van der Waals surface area contributed by atoms with Gasteiger partial charge >= 0.3 is 0 Å². The van der Waals surface area contributed by atoms with Crippen LogP contribution in [0.5, 0.6) is 0 Å². The van der Waals surface area contributed by atoms with Crippen LogP contribution in [0.4, 0.5) is 0 Å². The van der Waals surface area contributed by atoms with Gasteiger partial charge in [0.05, 0.1) is 12.1 Å². The number of nitrogens with zero attached hydrogens (tertiary/aromatic N) is 2. The first-order valence-corrected chi connectivity index (χ1v) is 7.16. The molecule has 1 fully saturated rings. The van der Waals surface area contributed by atoms with E-state index in [1.165, 1.54) is 0 Å². The van der Waals surface area contributed by atoms with Crippen LogP contribution in [0, 0.1) is 0 Å². The number of rotatable bonds is 4. The molecule has 6 nitrogen and oxygen atoms in total. The number of ether oxygens (including phenoxy) is 1. The van der Waals surface area contributed by atoms with Crippen molar-refractivity contribution in [3.8, 4) is 0 Å². The molecule has 19 heavy (non-hydrogen) atoms. The third-order valence-electron chi connectivity index (χ3n) is 2.93. The number of nitrogens with one attached hydrogen (secondary N) is 1. The molecule has 3 rings (SSSR count). The smallest absolute Gasteiger partial charge is 0.249 e. The summed E-state index contributed by atoms with van der Waals surface area (Å²) < 4.78 is 7.26. The lowest BCUT2D eigenvalue weighted by Gasteiger charge is -2.21. The predicted molar refractivity (Wildman–Crippen MR) is 69.6 cm³/mol. The molecule has 0 spiro atoms. The number of thiazole rings is 1. The fraction of sp³-hybridized carbons (Fsp3) is 0.500. The second kappa shape index (κ2) is 5.68. The standard InChI is InChI=1S/C12H15N3O3S/c16-10(14-18-11-3-1-2-5-17-11)7-9-8-15-4-6-19-12(15)13-9/h4,6,8,11H,1-3,5,7H2,(H,14,16). The van der Waals surface area contributed by atoms with Crippen molar-refractivity contribution < 1.29 is 14.4 Å². The van der Waals surface area contributed by atoms with Crippen molar-refractivity contribution in [3.63, 3.8) is 0 Å². The van der Waals surface area contributed by atoms with E-state index in [1.54, 1.807) is 11.3 Å². The molecule has 1 unspecified atom stereocenters. The summed E-state index contributed by atoms with van der Waals surface area (Å²) in [4.78, 5) is 22.2. The highest BCUT2D eigenvalue weighted by Crippen LogP contribution is 2.13. The average molecular weight is 281 g/mol. The third kappa shape index (κ3) is 3.12. The quantitative estimate of drug-likeness (QED) is 0.863. The van der Waals surface area contributed by atoms with Crippen LogP contribution in [0.15, 0.2) is 17.8 Å². The van der Waals surface area contributed by atoms with Gasteiger partial charge < -0.3 is 4.74 Å². The van der Waals surface area contributed by atoms with E-state index in [0.717, 1.165) is 29.9 Å². The normalized spacial score (nSPS) is 19.7. The van der Waals surface area contributed by atoms with Crippen molar-refractivity contribution in [1.82, 2.24) is 14.9 Å². The zero-order valence-corrected chi connectivity index (χ0v) is 11.2. The number of imidazole rings is 1. The Morgan fingerprint density at radius 1 is 1.63 bits per heavy atom. The van der Waals surface area contributed by atoms with Gasteiger partial charge in [-0.3, -0.25) is 9.20 Å². The first kappa shape index (κ1) is 12.6. The van der Waals surface area contributed by atoms with E-state index in [1.807, 2.05) is 22.2 Å². The fourth-order valence-electron chi connectivity index (χ4n) is 2.00. The van der Waals surface area contributed by atoms with Crippen molar-refractivity contribution in [1.29, 1.82) is 0 Å². The van der Waals surface area contributed by atoms with E-state index in [4.69, 9.17) is 9.57 Å². The summed E-state index contributed by atoms with van der Waals surface area (Å²) in [6.45, 7) is 0.692. The molecule has 0 aliphatic carbocycles. The Bertz CT molecular complexity index is 531. The zero-order valence-electron chi connectivity index (χ0n) is 10.4. The molecule has 0 saturated carbocycles. The summed E-state index contributed by atoms with van der Waals surface area (Å²) in [6, 6.07) is 0. The van der Waals surface area contributed by atoms with Gasteiger partial charge in [-0.1, -0.05) is 0 Å². The molecule has 3 heterocycles. The lowest BCUT2D eigenvalue weighted by Crippen LogP contribution is -2.33. The molecule has 2 aromatic heterocycles. The zero-order chi connectivity index (χ0) is 13.1. The minimum absolute atomic E-state index is 0.208. The van der Waals surface area contributed by atoms with Crippen LogP contribution in [0.2, 0.25) is 0 Å². The van der Waals surface area contributed by atoms with Gasteiger partial charge in [-0.2, -0.15) is 0 Å². The summed E-state index contributed by atoms with van der Waals surface area (Å²) in [5, 5.41) is 1.95. The highest BCUT2D eigenvalue weighted by Gasteiger charge is 2.16. The maximum Gasteiger partial charge on any atom is 0.249 e. The van der Waals surface area contributed by atoms with Crippen LogP contribution in [0.3, 0.4) is 0 Å². The van der Waals surface area contributed by atoms with Crippen LogP contribution in [0.1, 0.15) is 25.0 Å². The summed E-state index contributed by atoms with van der Waals surface area (Å²) >= 11 is 1.54. The van der Waals surface area contributed by atoms with E-state index >= 15 is 0 Å². The molecular formula is C12H15N3O3S. The molecule has 1 atom stereocenters. The Labute approximate surface area is 114 Å². The van der Waals surface area contributed by atoms with E-state index in [-0.39, 0.29) is 18.6 Å². The van der Waals surface area contributed by atoms with Gasteiger partial charge in [-0.05, 0) is 12.8 Å². The Balaban J connectivity index is 1.49. The van der Waals surface area contributed by atoms with Gasteiger partial charge in [0.15, 0.2) is 11.3 Å². The van der Waals surface area contributed by atoms with Crippen LogP contribution in [-0.4, -0.2) is 28.2 Å². The Morgan fingerprint density at radius 2 is 2.58 bits per heavy atom. The summed E-state index contributed by atoms with van der Waals surface area (Å²) in [5.41, 5.74) is 3.16. The van der Waals surface area contributed by atoms with Gasteiger partial charge in [0, 0.05) is 30.8 Å². The lowest BCUT2D eigenvalue weighted by atomic mass is 10.2. The molecular weight excluding hydrogens is 266 g/mol. The fourth-order valence-corrected chi connectivity index (χ4v) is 2.72. The van der Waals surface area contributed by atoms with Crippen LogP contribution >= 0.6 is 11.3 Å². The van der Waals surface area contributed by atoms with Crippen molar-refractivity contribution >= 4 is 22.2 Å². The number of carbonyl (C=O) groups excluding carboxylic acids is 1. The van der Waals surface area contributed by atoms with Crippen LogP contribution < -0.4 is 5.48 Å². The minimum atomic E-state index is -0.316. The van der Waals surface area contributed by atoms with Crippen LogP contribution in [0.25, 0.3) is 4.96 Å². The SMILES string of the molecule is O=C(Cc1cn2ccsc2n1)NOC1CCCCO1. The molecule has 0 aromatic carbocycles. The van der Waals surface area contributed by atoms with E-state index in [0.29, 0.717) is 6.61 Å². The molecule has 0 radical (unpaired) electrons. The molecule has 0 bridgehead atoms. The maximum absolute atomic E-state index is 11.7. The number of amides is 1. The molecule has 1 amide bonds. The van der Waals surface area contributed by atoms with Gasteiger partial charge in [-0.15, -0.1) is 11.3 Å². The van der Waals surface area contributed by atoms with Crippen molar-refractivity contribution in [2.45, 2.75) is 32.0 Å². The minimum Gasteiger partial charge on any atom is -0.350 e. The molecule has 7 heteroatoms. The Morgan fingerprint density at radius 3 is 3.37 bits per heavy atom. The van der Waals surface area contributed by atoms with E-state index < -0.39 is 0 Å². The van der Waals surface area contributed by atoms with Crippen molar-refractivity contribution in [3.05, 3.63) is 23.5 Å². The topological polar surface area (TPSA) is 64.9 Å². The second-order valence-corrected chi connectivity index (χ2v) is 5.31. The molecule has 1 saturated heterocycles. The number of hydrogen-bond donors (Lipinski definition) is 1. The molecule has 1 aliphatic rings. The number of hydroxylamine groups is 1.